The molecule has 13 heavy (non-hydrogen) atoms. The van der Waals surface area contributed by atoms with Crippen LogP contribution in [-0.4, -0.2) is 32.3 Å². The second-order valence-electron chi connectivity index (χ2n) is 2.12. The van der Waals surface area contributed by atoms with E-state index in [2.05, 4.69) is 10.1 Å². The normalized spacial score (nSPS) is 10.5. The smallest absolute Gasteiger partial charge is 0.390 e. The zero-order valence-corrected chi connectivity index (χ0v) is 7.80. The van der Waals surface area contributed by atoms with Gasteiger partial charge in [0.15, 0.2) is 0 Å². The van der Waals surface area contributed by atoms with E-state index in [-0.39, 0.29) is 25.5 Å². The third-order valence-corrected chi connectivity index (χ3v) is 1.08. The van der Waals surface area contributed by atoms with Crippen molar-refractivity contribution >= 4 is 18.4 Å². The summed E-state index contributed by atoms with van der Waals surface area (Å²) in [5.74, 6) is -0.572. The molecule has 0 aliphatic rings. The average molecular weight is 222 g/mol. The maximum atomic E-state index is 11.5. The number of carbonyl (C=O) groups is 1. The van der Waals surface area contributed by atoms with Crippen molar-refractivity contribution in [3.63, 3.8) is 0 Å². The maximum absolute atomic E-state index is 11.5. The van der Waals surface area contributed by atoms with E-state index in [1.54, 1.807) is 0 Å². The molecule has 0 radical (unpaired) electrons. The molecule has 3 nitrogen and oxygen atoms in total. The summed E-state index contributed by atoms with van der Waals surface area (Å²) in [7, 11) is 1.17. The van der Waals surface area contributed by atoms with Crippen LogP contribution in [0, 0.1) is 0 Å². The van der Waals surface area contributed by atoms with Crippen molar-refractivity contribution in [2.45, 2.75) is 12.6 Å². The lowest BCUT2D eigenvalue weighted by molar-refractivity contribution is -0.141. The molecule has 0 rings (SSSR count). The lowest BCUT2D eigenvalue weighted by atomic mass is 10.4. The Morgan fingerprint density at radius 2 is 2.00 bits per heavy atom. The van der Waals surface area contributed by atoms with Gasteiger partial charge in [-0.1, -0.05) is 0 Å². The van der Waals surface area contributed by atoms with Crippen molar-refractivity contribution in [3.8, 4) is 0 Å². The summed E-state index contributed by atoms with van der Waals surface area (Å²) in [4.78, 5) is 10.4. The number of rotatable bonds is 4. The van der Waals surface area contributed by atoms with Gasteiger partial charge in [0.05, 0.1) is 20.1 Å². The molecule has 0 aliphatic carbocycles. The first-order valence-corrected chi connectivity index (χ1v) is 3.30. The summed E-state index contributed by atoms with van der Waals surface area (Å²) in [6.45, 7) is -0.453. The maximum Gasteiger partial charge on any atom is 0.390 e. The minimum Gasteiger partial charge on any atom is -0.468 e. The molecule has 0 aromatic heterocycles. The molecule has 0 saturated carbocycles. The first kappa shape index (κ1) is 15.0. The monoisotopic (exact) mass is 221 g/mol. The summed E-state index contributed by atoms with van der Waals surface area (Å²) < 4.78 is 38.7. The van der Waals surface area contributed by atoms with Crippen molar-refractivity contribution in [1.82, 2.24) is 5.32 Å². The third-order valence-electron chi connectivity index (χ3n) is 1.08. The van der Waals surface area contributed by atoms with Gasteiger partial charge < -0.3 is 10.1 Å². The Labute approximate surface area is 80.0 Å². The number of alkyl halides is 3. The number of methoxy groups -OCH3 is 1. The van der Waals surface area contributed by atoms with E-state index >= 15 is 0 Å². The molecule has 7 heteroatoms. The fourth-order valence-corrected chi connectivity index (χ4v) is 0.493. The Morgan fingerprint density at radius 3 is 2.38 bits per heavy atom. The van der Waals surface area contributed by atoms with Gasteiger partial charge in [0, 0.05) is 6.54 Å². The topological polar surface area (TPSA) is 38.3 Å². The molecular weight excluding hydrogens is 211 g/mol. The van der Waals surface area contributed by atoms with Gasteiger partial charge in [-0.15, -0.1) is 12.4 Å². The average Bonchev–Trinajstić information content (AvgIpc) is 1.96. The van der Waals surface area contributed by atoms with Crippen molar-refractivity contribution in [2.24, 2.45) is 0 Å². The van der Waals surface area contributed by atoms with E-state index in [4.69, 9.17) is 0 Å². The van der Waals surface area contributed by atoms with Crippen LogP contribution in [0.15, 0.2) is 0 Å². The number of halogens is 4. The van der Waals surface area contributed by atoms with Crippen molar-refractivity contribution in [1.29, 1.82) is 0 Å². The molecule has 0 saturated heterocycles. The van der Waals surface area contributed by atoms with Crippen LogP contribution in [0.3, 0.4) is 0 Å². The number of nitrogens with one attached hydrogen (secondary N) is 1. The first-order chi connectivity index (χ1) is 5.45. The highest BCUT2D eigenvalue weighted by Crippen LogP contribution is 2.17. The van der Waals surface area contributed by atoms with Crippen LogP contribution in [0.5, 0.6) is 0 Å². The van der Waals surface area contributed by atoms with Crippen molar-refractivity contribution in [2.75, 3.05) is 20.2 Å². The predicted octanol–water partition coefficient (Wildman–Crippen LogP) is 1.12. The van der Waals surface area contributed by atoms with Crippen molar-refractivity contribution in [3.05, 3.63) is 0 Å². The van der Waals surface area contributed by atoms with Gasteiger partial charge in [0.1, 0.15) is 0 Å². The van der Waals surface area contributed by atoms with E-state index in [0.29, 0.717) is 0 Å². The van der Waals surface area contributed by atoms with Gasteiger partial charge >= 0.3 is 12.1 Å². The Hall–Kier alpha value is -0.490. The van der Waals surface area contributed by atoms with E-state index in [0.717, 1.165) is 0 Å². The standard InChI is InChI=1S/C6H10F3NO2.ClH/c1-12-5(11)4-10-3-2-6(7,8)9;/h10H,2-4H2,1H3;1H. The fourth-order valence-electron chi connectivity index (χ4n) is 0.493. The van der Waals surface area contributed by atoms with Crippen LogP contribution >= 0.6 is 12.4 Å². The molecule has 0 aromatic rings. The highest BCUT2D eigenvalue weighted by atomic mass is 35.5. The Bertz CT molecular complexity index is 151. The highest BCUT2D eigenvalue weighted by molar-refractivity contribution is 5.85. The predicted molar refractivity (Wildman–Crippen MR) is 42.8 cm³/mol. The fraction of sp³-hybridized carbons (Fsp3) is 0.833. The second kappa shape index (κ2) is 6.97. The van der Waals surface area contributed by atoms with Gasteiger partial charge in [0.2, 0.25) is 0 Å². The molecule has 0 spiro atoms. The van der Waals surface area contributed by atoms with Crippen LogP contribution in [0.2, 0.25) is 0 Å². The summed E-state index contributed by atoms with van der Waals surface area (Å²) in [6, 6.07) is 0. The number of carbonyl (C=O) groups excluding carboxylic acids is 1. The molecule has 0 amide bonds. The largest absolute Gasteiger partial charge is 0.468 e. The summed E-state index contributed by atoms with van der Waals surface area (Å²) in [5.41, 5.74) is 0. The van der Waals surface area contributed by atoms with Gasteiger partial charge in [-0.25, -0.2) is 0 Å². The number of ether oxygens (including phenoxy) is 1. The zero-order chi connectivity index (χ0) is 9.61. The summed E-state index contributed by atoms with van der Waals surface area (Å²) >= 11 is 0. The Kier molecular flexibility index (Phi) is 8.04. The minimum absolute atomic E-state index is 0. The van der Waals surface area contributed by atoms with Crippen LogP contribution in [0.1, 0.15) is 6.42 Å². The molecule has 0 aromatic carbocycles. The number of hydrogen-bond acceptors (Lipinski definition) is 3. The van der Waals surface area contributed by atoms with Gasteiger partial charge in [-0.3, -0.25) is 4.79 Å². The van der Waals surface area contributed by atoms with Gasteiger partial charge in [0.25, 0.3) is 0 Å². The quantitative estimate of drug-likeness (QED) is 0.571. The molecule has 0 unspecified atom stereocenters. The third kappa shape index (κ3) is 11.5. The lowest BCUT2D eigenvalue weighted by Gasteiger charge is -2.06. The lowest BCUT2D eigenvalue weighted by Crippen LogP contribution is -2.27. The van der Waals surface area contributed by atoms with E-state index in [1.165, 1.54) is 7.11 Å². The van der Waals surface area contributed by atoms with Crippen LogP contribution in [0.25, 0.3) is 0 Å². The molecule has 80 valence electrons. The Morgan fingerprint density at radius 1 is 1.46 bits per heavy atom. The van der Waals surface area contributed by atoms with Gasteiger partial charge in [-0.2, -0.15) is 13.2 Å². The molecule has 0 bridgehead atoms. The SMILES string of the molecule is COC(=O)CNCCC(F)(F)F.Cl. The van der Waals surface area contributed by atoms with Crippen molar-refractivity contribution < 1.29 is 22.7 Å². The van der Waals surface area contributed by atoms with E-state index in [1.807, 2.05) is 0 Å². The molecule has 0 heterocycles. The van der Waals surface area contributed by atoms with E-state index < -0.39 is 18.6 Å². The Balaban J connectivity index is 0. The van der Waals surface area contributed by atoms with E-state index in [9.17, 15) is 18.0 Å². The minimum atomic E-state index is -4.18. The molecule has 0 aliphatic heterocycles. The zero-order valence-electron chi connectivity index (χ0n) is 6.98. The number of esters is 1. The highest BCUT2D eigenvalue weighted by Gasteiger charge is 2.25. The first-order valence-electron chi connectivity index (χ1n) is 3.30. The molecule has 0 atom stereocenters. The van der Waals surface area contributed by atoms with Crippen LogP contribution in [0.4, 0.5) is 13.2 Å². The van der Waals surface area contributed by atoms with Crippen LogP contribution in [-0.2, 0) is 9.53 Å². The van der Waals surface area contributed by atoms with Gasteiger partial charge in [-0.05, 0) is 0 Å². The number of hydrogen-bond donors (Lipinski definition) is 1. The summed E-state index contributed by atoms with van der Waals surface area (Å²) in [5, 5.41) is 2.30. The summed E-state index contributed by atoms with van der Waals surface area (Å²) in [6.07, 6.45) is -5.12. The molecular formula is C6H11ClF3NO2. The second-order valence-corrected chi connectivity index (χ2v) is 2.12. The van der Waals surface area contributed by atoms with Crippen LogP contribution < -0.4 is 5.32 Å². The molecule has 1 N–H and O–H groups in total. The molecule has 0 fully saturated rings.